The summed E-state index contributed by atoms with van der Waals surface area (Å²) < 4.78 is 0. The van der Waals surface area contributed by atoms with Crippen LogP contribution in [0.3, 0.4) is 0 Å². The van der Waals surface area contributed by atoms with E-state index < -0.39 is 11.9 Å². The molecule has 0 aliphatic heterocycles. The molecule has 0 bridgehead atoms. The van der Waals surface area contributed by atoms with Crippen LogP contribution in [0.1, 0.15) is 20.3 Å². The van der Waals surface area contributed by atoms with E-state index in [0.717, 1.165) is 18.4 Å². The molecule has 0 aliphatic carbocycles. The Hall–Kier alpha value is -1.01. The third-order valence-electron chi connectivity index (χ3n) is 1.86. The van der Waals surface area contributed by atoms with Crippen molar-refractivity contribution in [2.45, 2.75) is 26.3 Å². The van der Waals surface area contributed by atoms with E-state index in [9.17, 15) is 9.59 Å². The molecule has 106 valence electrons. The van der Waals surface area contributed by atoms with Crippen LogP contribution >= 0.6 is 11.8 Å². The van der Waals surface area contributed by atoms with Gasteiger partial charge in [-0.1, -0.05) is 20.4 Å². The smallest absolute Gasteiger partial charge is 0.327 e. The first-order valence-corrected chi connectivity index (χ1v) is 7.05. The van der Waals surface area contributed by atoms with Gasteiger partial charge in [0.2, 0.25) is 0 Å². The molecule has 0 radical (unpaired) electrons. The summed E-state index contributed by atoms with van der Waals surface area (Å²) in [5.74, 6) is -0.335. The van der Waals surface area contributed by atoms with Crippen LogP contribution in [0.5, 0.6) is 0 Å². The van der Waals surface area contributed by atoms with E-state index in [-0.39, 0.29) is 6.04 Å². The zero-order valence-electron chi connectivity index (χ0n) is 11.2. The van der Waals surface area contributed by atoms with Crippen molar-refractivity contribution in [3.63, 3.8) is 0 Å². The molecular formula is C12H23NO4S. The van der Waals surface area contributed by atoms with Gasteiger partial charge < -0.3 is 15.5 Å². The molecule has 0 aromatic carbocycles. The average molecular weight is 277 g/mol. The van der Waals surface area contributed by atoms with Gasteiger partial charge in [0.25, 0.3) is 0 Å². The third kappa shape index (κ3) is 15.0. The highest BCUT2D eigenvalue weighted by Gasteiger charge is 2.15. The largest absolute Gasteiger partial charge is 0.480 e. The summed E-state index contributed by atoms with van der Waals surface area (Å²) in [5.41, 5.74) is 0. The van der Waals surface area contributed by atoms with Gasteiger partial charge in [-0.15, -0.1) is 0 Å². The monoisotopic (exact) mass is 277 g/mol. The molecule has 0 saturated heterocycles. The van der Waals surface area contributed by atoms with Crippen molar-refractivity contribution >= 4 is 23.7 Å². The van der Waals surface area contributed by atoms with Gasteiger partial charge in [-0.25, -0.2) is 4.79 Å². The van der Waals surface area contributed by atoms with Crippen LogP contribution in [0.25, 0.3) is 0 Å². The van der Waals surface area contributed by atoms with Crippen LogP contribution in [0, 0.1) is 5.92 Å². The molecule has 18 heavy (non-hydrogen) atoms. The van der Waals surface area contributed by atoms with Gasteiger partial charge in [0.05, 0.1) is 0 Å². The zero-order valence-corrected chi connectivity index (χ0v) is 12.0. The highest BCUT2D eigenvalue weighted by molar-refractivity contribution is 7.98. The van der Waals surface area contributed by atoms with Crippen molar-refractivity contribution < 1.29 is 19.8 Å². The maximum absolute atomic E-state index is 10.7. The summed E-state index contributed by atoms with van der Waals surface area (Å²) in [4.78, 5) is 20.0. The van der Waals surface area contributed by atoms with Crippen molar-refractivity contribution in [1.82, 2.24) is 5.32 Å². The first-order chi connectivity index (χ1) is 8.34. The highest BCUT2D eigenvalue weighted by atomic mass is 32.2. The lowest BCUT2D eigenvalue weighted by molar-refractivity contribution is -0.139. The molecule has 0 aromatic heterocycles. The van der Waals surface area contributed by atoms with Gasteiger partial charge in [-0.05, 0) is 30.9 Å². The zero-order chi connectivity index (χ0) is 14.6. The molecule has 0 amide bonds. The normalized spacial score (nSPS) is 11.3. The van der Waals surface area contributed by atoms with E-state index in [4.69, 9.17) is 10.2 Å². The maximum Gasteiger partial charge on any atom is 0.327 e. The van der Waals surface area contributed by atoms with E-state index in [1.807, 2.05) is 6.26 Å². The number of thioether (sulfide) groups is 1. The van der Waals surface area contributed by atoms with E-state index >= 15 is 0 Å². The van der Waals surface area contributed by atoms with Gasteiger partial charge in [0, 0.05) is 6.08 Å². The fourth-order valence-electron chi connectivity index (χ4n) is 0.927. The lowest BCUT2D eigenvalue weighted by Crippen LogP contribution is -2.39. The molecule has 0 spiro atoms. The Kier molecular flexibility index (Phi) is 13.4. The number of carbonyl (C=O) groups is 2. The Labute approximate surface area is 113 Å². The van der Waals surface area contributed by atoms with Crippen molar-refractivity contribution in [2.75, 3.05) is 18.6 Å². The number of aliphatic carboxylic acids is 2. The fraction of sp³-hybridized carbons (Fsp3) is 0.667. The second kappa shape index (κ2) is 12.4. The van der Waals surface area contributed by atoms with Gasteiger partial charge in [0.15, 0.2) is 0 Å². The van der Waals surface area contributed by atoms with Crippen molar-refractivity contribution in [2.24, 2.45) is 5.92 Å². The first-order valence-electron chi connectivity index (χ1n) is 5.65. The Morgan fingerprint density at radius 1 is 1.39 bits per heavy atom. The lowest BCUT2D eigenvalue weighted by Gasteiger charge is -2.15. The van der Waals surface area contributed by atoms with Gasteiger partial charge in [-0.2, -0.15) is 11.8 Å². The number of hydrogen-bond acceptors (Lipinski definition) is 4. The van der Waals surface area contributed by atoms with Crippen LogP contribution in [-0.4, -0.2) is 46.7 Å². The van der Waals surface area contributed by atoms with Gasteiger partial charge >= 0.3 is 11.9 Å². The van der Waals surface area contributed by atoms with Crippen LogP contribution in [0.2, 0.25) is 0 Å². The predicted molar refractivity (Wildman–Crippen MR) is 75.1 cm³/mol. The third-order valence-corrected chi connectivity index (χ3v) is 2.50. The molecule has 5 nitrogen and oxygen atoms in total. The number of carboxylic acid groups (broad SMARTS) is 2. The first kappa shape index (κ1) is 19.3. The predicted octanol–water partition coefficient (Wildman–Crippen LogP) is 1.70. The van der Waals surface area contributed by atoms with E-state index in [2.05, 4.69) is 25.7 Å². The van der Waals surface area contributed by atoms with E-state index in [1.165, 1.54) is 0 Å². The van der Waals surface area contributed by atoms with Crippen LogP contribution in [0.4, 0.5) is 0 Å². The maximum atomic E-state index is 10.7. The summed E-state index contributed by atoms with van der Waals surface area (Å²) in [6.07, 6.45) is 3.52. The number of carboxylic acids is 2. The molecule has 0 rings (SSSR count). The van der Waals surface area contributed by atoms with E-state index in [1.54, 1.807) is 11.8 Å². The van der Waals surface area contributed by atoms with Gasteiger partial charge in [-0.3, -0.25) is 4.79 Å². The Morgan fingerprint density at radius 2 is 1.89 bits per heavy atom. The quantitative estimate of drug-likeness (QED) is 0.585. The summed E-state index contributed by atoms with van der Waals surface area (Å²) in [6, 6.07) is -0.380. The second-order valence-electron chi connectivity index (χ2n) is 4.02. The standard InChI is InChI=1S/C9H19NO2S.C3H4O2/c1-7(2)6-10-8(9(11)12)4-5-13-3;1-2-3(4)5/h7-8,10H,4-6H2,1-3H3,(H,11,12);2H,1H2,(H,4,5)/t8-;/m0./s1. The second-order valence-corrected chi connectivity index (χ2v) is 5.00. The summed E-state index contributed by atoms with van der Waals surface area (Å²) >= 11 is 1.68. The fourth-order valence-corrected chi connectivity index (χ4v) is 1.40. The minimum Gasteiger partial charge on any atom is -0.480 e. The van der Waals surface area contributed by atoms with Crippen LogP contribution < -0.4 is 5.32 Å². The van der Waals surface area contributed by atoms with Crippen molar-refractivity contribution in [1.29, 1.82) is 0 Å². The Bertz CT molecular complexity index is 256. The summed E-state index contributed by atoms with van der Waals surface area (Å²) in [5, 5.41) is 19.5. The topological polar surface area (TPSA) is 86.6 Å². The summed E-state index contributed by atoms with van der Waals surface area (Å²) in [7, 11) is 0. The summed E-state index contributed by atoms with van der Waals surface area (Å²) in [6.45, 7) is 7.87. The molecule has 0 unspecified atom stereocenters. The molecule has 3 N–H and O–H groups in total. The minimum atomic E-state index is -0.981. The van der Waals surface area contributed by atoms with Crippen molar-refractivity contribution in [3.8, 4) is 0 Å². The van der Waals surface area contributed by atoms with Crippen LogP contribution in [0.15, 0.2) is 12.7 Å². The van der Waals surface area contributed by atoms with Gasteiger partial charge in [0.1, 0.15) is 6.04 Å². The molecule has 0 heterocycles. The van der Waals surface area contributed by atoms with Crippen molar-refractivity contribution in [3.05, 3.63) is 12.7 Å². The minimum absolute atomic E-state index is 0.380. The SMILES string of the molecule is C=CC(=O)O.CSCC[C@H](NCC(C)C)C(=O)O. The molecule has 0 saturated carbocycles. The lowest BCUT2D eigenvalue weighted by atomic mass is 10.2. The number of hydrogen-bond donors (Lipinski definition) is 3. The Balaban J connectivity index is 0. The molecule has 0 fully saturated rings. The number of rotatable bonds is 8. The molecular weight excluding hydrogens is 254 g/mol. The molecule has 1 atom stereocenters. The highest BCUT2D eigenvalue weighted by Crippen LogP contribution is 2.01. The average Bonchev–Trinajstić information content (AvgIpc) is 2.29. The molecule has 0 aromatic rings. The molecule has 6 heteroatoms. The van der Waals surface area contributed by atoms with Crippen LogP contribution in [-0.2, 0) is 9.59 Å². The molecule has 0 aliphatic rings. The number of nitrogens with one attached hydrogen (secondary N) is 1. The van der Waals surface area contributed by atoms with E-state index in [0.29, 0.717) is 12.3 Å². The Morgan fingerprint density at radius 3 is 2.17 bits per heavy atom.